The Hall–Kier alpha value is -0.870. The monoisotopic (exact) mass is 241 g/mol. The standard InChI is InChI=1S/C12H19NO2S/c1-3-15-12-5-4-11(13)6-10(12)8-16-9(2)7-14/h4-6,9,14H,3,7-8,13H2,1-2H3. The Bertz CT molecular complexity index is 331. The minimum atomic E-state index is 0.191. The van der Waals surface area contributed by atoms with Gasteiger partial charge in [-0.15, -0.1) is 0 Å². The molecule has 0 fully saturated rings. The highest BCUT2D eigenvalue weighted by Gasteiger charge is 2.07. The Kier molecular flexibility index (Phi) is 5.49. The number of hydrogen-bond donors (Lipinski definition) is 2. The van der Waals surface area contributed by atoms with Gasteiger partial charge in [0, 0.05) is 22.3 Å². The highest BCUT2D eigenvalue weighted by molar-refractivity contribution is 7.99. The van der Waals surface area contributed by atoms with Crippen LogP contribution in [0.5, 0.6) is 5.75 Å². The third kappa shape index (κ3) is 3.94. The number of aliphatic hydroxyl groups excluding tert-OH is 1. The van der Waals surface area contributed by atoms with Crippen molar-refractivity contribution < 1.29 is 9.84 Å². The number of thioether (sulfide) groups is 1. The van der Waals surface area contributed by atoms with Crippen LogP contribution in [-0.2, 0) is 5.75 Å². The minimum Gasteiger partial charge on any atom is -0.494 e. The van der Waals surface area contributed by atoms with E-state index in [-0.39, 0.29) is 11.9 Å². The van der Waals surface area contributed by atoms with Crippen LogP contribution in [0.15, 0.2) is 18.2 Å². The average molecular weight is 241 g/mol. The van der Waals surface area contributed by atoms with Gasteiger partial charge in [0.2, 0.25) is 0 Å². The van der Waals surface area contributed by atoms with Crippen molar-refractivity contribution in [1.82, 2.24) is 0 Å². The quantitative estimate of drug-likeness (QED) is 0.750. The lowest BCUT2D eigenvalue weighted by molar-refractivity contribution is 0.300. The molecule has 1 aromatic rings. The van der Waals surface area contributed by atoms with Gasteiger partial charge < -0.3 is 15.6 Å². The number of nitrogen functional groups attached to an aromatic ring is 1. The summed E-state index contributed by atoms with van der Waals surface area (Å²) in [5.41, 5.74) is 7.58. The molecule has 0 aromatic heterocycles. The summed E-state index contributed by atoms with van der Waals surface area (Å²) < 4.78 is 5.53. The van der Waals surface area contributed by atoms with Gasteiger partial charge in [-0.05, 0) is 25.1 Å². The Morgan fingerprint density at radius 1 is 1.50 bits per heavy atom. The minimum absolute atomic E-state index is 0.191. The summed E-state index contributed by atoms with van der Waals surface area (Å²) in [5, 5.41) is 9.20. The highest BCUT2D eigenvalue weighted by atomic mass is 32.2. The van der Waals surface area contributed by atoms with E-state index in [9.17, 15) is 0 Å². The van der Waals surface area contributed by atoms with Crippen molar-refractivity contribution >= 4 is 17.4 Å². The van der Waals surface area contributed by atoms with Crippen molar-refractivity contribution in [2.75, 3.05) is 18.9 Å². The molecule has 16 heavy (non-hydrogen) atoms. The summed E-state index contributed by atoms with van der Waals surface area (Å²) in [6.45, 7) is 4.80. The maximum atomic E-state index is 8.96. The van der Waals surface area contributed by atoms with E-state index in [2.05, 4.69) is 0 Å². The zero-order valence-electron chi connectivity index (χ0n) is 9.77. The van der Waals surface area contributed by atoms with E-state index in [1.54, 1.807) is 11.8 Å². The molecule has 0 heterocycles. The highest BCUT2D eigenvalue weighted by Crippen LogP contribution is 2.27. The molecule has 0 aliphatic carbocycles. The van der Waals surface area contributed by atoms with Crippen LogP contribution in [0.4, 0.5) is 5.69 Å². The fourth-order valence-electron chi connectivity index (χ4n) is 1.29. The van der Waals surface area contributed by atoms with Crippen LogP contribution >= 0.6 is 11.8 Å². The van der Waals surface area contributed by atoms with Gasteiger partial charge in [-0.25, -0.2) is 0 Å². The lowest BCUT2D eigenvalue weighted by Crippen LogP contribution is -2.03. The molecule has 0 saturated carbocycles. The molecule has 1 aromatic carbocycles. The number of hydrogen-bond acceptors (Lipinski definition) is 4. The van der Waals surface area contributed by atoms with Crippen LogP contribution in [0, 0.1) is 0 Å². The van der Waals surface area contributed by atoms with Crippen LogP contribution in [-0.4, -0.2) is 23.6 Å². The van der Waals surface area contributed by atoms with E-state index in [0.717, 1.165) is 22.8 Å². The summed E-state index contributed by atoms with van der Waals surface area (Å²) in [4.78, 5) is 0. The van der Waals surface area contributed by atoms with Gasteiger partial charge in [0.1, 0.15) is 5.75 Å². The molecule has 0 radical (unpaired) electrons. The van der Waals surface area contributed by atoms with Crippen molar-refractivity contribution in [2.45, 2.75) is 24.9 Å². The maximum Gasteiger partial charge on any atom is 0.123 e. The molecule has 90 valence electrons. The van der Waals surface area contributed by atoms with Gasteiger partial charge in [-0.2, -0.15) is 11.8 Å². The SMILES string of the molecule is CCOc1ccc(N)cc1CSC(C)CO. The number of rotatable bonds is 6. The largest absolute Gasteiger partial charge is 0.494 e. The predicted octanol–water partition coefficient (Wildman–Crippen LogP) is 2.28. The lowest BCUT2D eigenvalue weighted by atomic mass is 10.2. The smallest absolute Gasteiger partial charge is 0.123 e. The van der Waals surface area contributed by atoms with E-state index >= 15 is 0 Å². The third-order valence-corrected chi connectivity index (χ3v) is 3.36. The van der Waals surface area contributed by atoms with Crippen LogP contribution < -0.4 is 10.5 Å². The van der Waals surface area contributed by atoms with E-state index in [1.807, 2.05) is 32.0 Å². The predicted molar refractivity (Wildman–Crippen MR) is 69.9 cm³/mol. The molecule has 0 saturated heterocycles. The van der Waals surface area contributed by atoms with Crippen LogP contribution in [0.1, 0.15) is 19.4 Å². The van der Waals surface area contributed by atoms with Crippen molar-refractivity contribution in [3.8, 4) is 5.75 Å². The van der Waals surface area contributed by atoms with Gasteiger partial charge >= 0.3 is 0 Å². The molecule has 0 aliphatic heterocycles. The first-order valence-electron chi connectivity index (χ1n) is 5.41. The molecule has 0 spiro atoms. The number of aliphatic hydroxyl groups is 1. The number of benzene rings is 1. The van der Waals surface area contributed by atoms with Gasteiger partial charge in [0.15, 0.2) is 0 Å². The first kappa shape index (κ1) is 13.2. The molecule has 3 nitrogen and oxygen atoms in total. The first-order valence-corrected chi connectivity index (χ1v) is 6.46. The molecular formula is C12H19NO2S. The summed E-state index contributed by atoms with van der Waals surface area (Å²) in [7, 11) is 0. The Labute approximate surface area is 101 Å². The van der Waals surface area contributed by atoms with Gasteiger partial charge in [0.25, 0.3) is 0 Å². The Balaban J connectivity index is 2.71. The second-order valence-corrected chi connectivity index (χ2v) is 5.03. The molecular weight excluding hydrogens is 222 g/mol. The maximum absolute atomic E-state index is 8.96. The fourth-order valence-corrected chi connectivity index (χ4v) is 2.09. The molecule has 1 atom stereocenters. The molecule has 0 bridgehead atoms. The molecule has 3 N–H and O–H groups in total. The van der Waals surface area contributed by atoms with Gasteiger partial charge in [0.05, 0.1) is 13.2 Å². The van der Waals surface area contributed by atoms with E-state index in [4.69, 9.17) is 15.6 Å². The Morgan fingerprint density at radius 2 is 2.25 bits per heavy atom. The summed E-state index contributed by atoms with van der Waals surface area (Å²) in [5.74, 6) is 1.69. The summed E-state index contributed by atoms with van der Waals surface area (Å²) in [6, 6.07) is 5.68. The van der Waals surface area contributed by atoms with Crippen molar-refractivity contribution in [2.24, 2.45) is 0 Å². The Morgan fingerprint density at radius 3 is 2.88 bits per heavy atom. The van der Waals surface area contributed by atoms with Crippen LogP contribution in [0.2, 0.25) is 0 Å². The van der Waals surface area contributed by atoms with E-state index < -0.39 is 0 Å². The fraction of sp³-hybridized carbons (Fsp3) is 0.500. The molecule has 0 amide bonds. The number of nitrogens with two attached hydrogens (primary N) is 1. The van der Waals surface area contributed by atoms with Crippen molar-refractivity contribution in [1.29, 1.82) is 0 Å². The van der Waals surface area contributed by atoms with Crippen molar-refractivity contribution in [3.63, 3.8) is 0 Å². The topological polar surface area (TPSA) is 55.5 Å². The second-order valence-electron chi connectivity index (χ2n) is 3.60. The molecule has 0 aliphatic rings. The van der Waals surface area contributed by atoms with Crippen LogP contribution in [0.25, 0.3) is 0 Å². The zero-order chi connectivity index (χ0) is 12.0. The van der Waals surface area contributed by atoms with Gasteiger partial charge in [-0.1, -0.05) is 6.92 Å². The summed E-state index contributed by atoms with van der Waals surface area (Å²) in [6.07, 6.45) is 0. The zero-order valence-corrected chi connectivity index (χ0v) is 10.6. The average Bonchev–Trinajstić information content (AvgIpc) is 2.29. The normalized spacial score (nSPS) is 12.4. The van der Waals surface area contributed by atoms with Crippen molar-refractivity contribution in [3.05, 3.63) is 23.8 Å². The molecule has 1 unspecified atom stereocenters. The number of anilines is 1. The third-order valence-electron chi connectivity index (χ3n) is 2.16. The second kappa shape index (κ2) is 6.66. The van der Waals surface area contributed by atoms with Crippen LogP contribution in [0.3, 0.4) is 0 Å². The van der Waals surface area contributed by atoms with E-state index in [0.29, 0.717) is 6.61 Å². The van der Waals surface area contributed by atoms with Gasteiger partial charge in [-0.3, -0.25) is 0 Å². The number of ether oxygens (including phenoxy) is 1. The van der Waals surface area contributed by atoms with E-state index in [1.165, 1.54) is 0 Å². The molecule has 4 heteroatoms. The lowest BCUT2D eigenvalue weighted by Gasteiger charge is -2.12. The molecule has 1 rings (SSSR count). The first-order chi connectivity index (χ1) is 7.67. The summed E-state index contributed by atoms with van der Waals surface area (Å²) >= 11 is 1.69.